The Bertz CT molecular complexity index is 1060. The number of amides is 2. The van der Waals surface area contributed by atoms with E-state index in [4.69, 9.17) is 4.74 Å². The van der Waals surface area contributed by atoms with Crippen molar-refractivity contribution in [1.82, 2.24) is 10.2 Å². The number of ether oxygens (including phenoxy) is 1. The lowest BCUT2D eigenvalue weighted by Gasteiger charge is -2.31. The third-order valence-electron chi connectivity index (χ3n) is 5.94. The predicted molar refractivity (Wildman–Crippen MR) is 133 cm³/mol. The van der Waals surface area contributed by atoms with Crippen LogP contribution in [0.1, 0.15) is 44.2 Å². The Morgan fingerprint density at radius 2 is 1.70 bits per heavy atom. The van der Waals surface area contributed by atoms with Crippen LogP contribution in [0.25, 0.3) is 10.8 Å². The molecule has 33 heavy (non-hydrogen) atoms. The highest BCUT2D eigenvalue weighted by Crippen LogP contribution is 2.22. The average Bonchev–Trinajstić information content (AvgIpc) is 2.86. The summed E-state index contributed by atoms with van der Waals surface area (Å²) in [6, 6.07) is 21.6. The highest BCUT2D eigenvalue weighted by atomic mass is 16.5. The van der Waals surface area contributed by atoms with Gasteiger partial charge in [0.15, 0.2) is 0 Å². The number of nitrogens with one attached hydrogen (secondary N) is 1. The van der Waals surface area contributed by atoms with Crippen molar-refractivity contribution < 1.29 is 14.3 Å². The highest BCUT2D eigenvalue weighted by Gasteiger charge is 2.28. The first-order chi connectivity index (χ1) is 16.1. The summed E-state index contributed by atoms with van der Waals surface area (Å²) in [6.45, 7) is 4.97. The molecule has 1 N–H and O–H groups in total. The molecule has 0 fully saturated rings. The van der Waals surface area contributed by atoms with Crippen molar-refractivity contribution in [3.8, 4) is 5.75 Å². The summed E-state index contributed by atoms with van der Waals surface area (Å²) in [5.74, 6) is 0.656. The van der Waals surface area contributed by atoms with Crippen LogP contribution < -0.4 is 10.1 Å². The molecule has 0 aliphatic heterocycles. The Balaban J connectivity index is 1.81. The number of aryl methyl sites for hydroxylation is 1. The van der Waals surface area contributed by atoms with Gasteiger partial charge in [-0.2, -0.15) is 0 Å². The summed E-state index contributed by atoms with van der Waals surface area (Å²) in [5, 5.41) is 5.31. The zero-order chi connectivity index (χ0) is 23.6. The predicted octanol–water partition coefficient (Wildman–Crippen LogP) is 5.11. The van der Waals surface area contributed by atoms with Crippen LogP contribution in [0, 0.1) is 0 Å². The molecule has 0 radical (unpaired) electrons. The standard InChI is InChI=1S/C28H34N2O3/c1-4-19-29-28(32)26(5-2)30(20-21-13-16-24(33-3)17-14-21)27(31)18-15-23-11-8-10-22-9-6-7-12-25(22)23/h6-14,16-17,26H,4-5,15,18-20H2,1-3H3,(H,29,32)/t26-/m1/s1. The van der Waals surface area contributed by atoms with E-state index in [1.165, 1.54) is 10.8 Å². The molecule has 2 amide bonds. The highest BCUT2D eigenvalue weighted by molar-refractivity contribution is 5.89. The van der Waals surface area contributed by atoms with E-state index in [9.17, 15) is 9.59 Å². The van der Waals surface area contributed by atoms with Crippen LogP contribution in [0.4, 0.5) is 0 Å². The van der Waals surface area contributed by atoms with Gasteiger partial charge in [-0.1, -0.05) is 68.4 Å². The van der Waals surface area contributed by atoms with E-state index in [2.05, 4.69) is 29.6 Å². The number of carbonyl (C=O) groups excluding carboxylic acids is 2. The lowest BCUT2D eigenvalue weighted by atomic mass is 10.00. The summed E-state index contributed by atoms with van der Waals surface area (Å²) in [7, 11) is 1.63. The molecule has 3 aromatic carbocycles. The fourth-order valence-electron chi connectivity index (χ4n) is 4.11. The summed E-state index contributed by atoms with van der Waals surface area (Å²) in [5.41, 5.74) is 2.12. The van der Waals surface area contributed by atoms with Crippen molar-refractivity contribution in [2.45, 2.75) is 52.1 Å². The second-order valence-corrected chi connectivity index (χ2v) is 8.22. The second-order valence-electron chi connectivity index (χ2n) is 8.22. The first kappa shape index (κ1) is 24.3. The van der Waals surface area contributed by atoms with Gasteiger partial charge in [0, 0.05) is 19.5 Å². The van der Waals surface area contributed by atoms with E-state index in [0.717, 1.165) is 23.3 Å². The zero-order valence-electron chi connectivity index (χ0n) is 19.8. The topological polar surface area (TPSA) is 58.6 Å². The third-order valence-corrected chi connectivity index (χ3v) is 5.94. The number of benzene rings is 3. The Kier molecular flexibility index (Phi) is 8.87. The molecule has 0 spiro atoms. The Hall–Kier alpha value is -3.34. The van der Waals surface area contributed by atoms with Gasteiger partial charge < -0.3 is 15.0 Å². The van der Waals surface area contributed by atoms with E-state index >= 15 is 0 Å². The monoisotopic (exact) mass is 446 g/mol. The van der Waals surface area contributed by atoms with Gasteiger partial charge in [0.2, 0.25) is 11.8 Å². The van der Waals surface area contributed by atoms with Gasteiger partial charge in [-0.15, -0.1) is 0 Å². The smallest absolute Gasteiger partial charge is 0.242 e. The summed E-state index contributed by atoms with van der Waals surface area (Å²) >= 11 is 0. The number of fused-ring (bicyclic) bond motifs is 1. The van der Waals surface area contributed by atoms with Crippen molar-refractivity contribution in [2.75, 3.05) is 13.7 Å². The van der Waals surface area contributed by atoms with Gasteiger partial charge >= 0.3 is 0 Å². The molecule has 0 bridgehead atoms. The SMILES string of the molecule is CCCNC(=O)[C@@H](CC)N(Cc1ccc(OC)cc1)C(=O)CCc1cccc2ccccc12. The average molecular weight is 447 g/mol. The van der Waals surface area contributed by atoms with E-state index in [1.807, 2.05) is 56.3 Å². The molecular weight excluding hydrogens is 412 g/mol. The van der Waals surface area contributed by atoms with Crippen LogP contribution in [0.3, 0.4) is 0 Å². The maximum Gasteiger partial charge on any atom is 0.242 e. The minimum atomic E-state index is -0.501. The first-order valence-corrected chi connectivity index (χ1v) is 11.7. The maximum absolute atomic E-state index is 13.5. The summed E-state index contributed by atoms with van der Waals surface area (Å²) < 4.78 is 5.25. The van der Waals surface area contributed by atoms with Gasteiger partial charge in [-0.05, 0) is 53.3 Å². The van der Waals surface area contributed by atoms with Crippen LogP contribution in [0.2, 0.25) is 0 Å². The molecule has 0 saturated heterocycles. The van der Waals surface area contributed by atoms with E-state index < -0.39 is 6.04 Å². The first-order valence-electron chi connectivity index (χ1n) is 11.7. The molecule has 174 valence electrons. The quantitative estimate of drug-likeness (QED) is 0.445. The lowest BCUT2D eigenvalue weighted by molar-refractivity contribution is -0.141. The fraction of sp³-hybridized carbons (Fsp3) is 0.357. The number of rotatable bonds is 11. The summed E-state index contributed by atoms with van der Waals surface area (Å²) in [4.78, 5) is 28.1. The van der Waals surface area contributed by atoms with Crippen LogP contribution in [-0.2, 0) is 22.6 Å². The van der Waals surface area contributed by atoms with Crippen LogP contribution in [0.5, 0.6) is 5.75 Å². The van der Waals surface area contributed by atoms with Crippen LogP contribution in [-0.4, -0.2) is 36.4 Å². The molecule has 0 saturated carbocycles. The molecule has 5 nitrogen and oxygen atoms in total. The van der Waals surface area contributed by atoms with Gasteiger partial charge in [-0.3, -0.25) is 9.59 Å². The van der Waals surface area contributed by atoms with Crippen LogP contribution in [0.15, 0.2) is 66.7 Å². The Morgan fingerprint density at radius 1 is 0.970 bits per heavy atom. The fourth-order valence-corrected chi connectivity index (χ4v) is 4.11. The van der Waals surface area contributed by atoms with Crippen LogP contribution >= 0.6 is 0 Å². The molecule has 0 unspecified atom stereocenters. The molecule has 3 rings (SSSR count). The Labute approximate surface area is 196 Å². The minimum absolute atomic E-state index is 0.0164. The zero-order valence-corrected chi connectivity index (χ0v) is 19.8. The van der Waals surface area contributed by atoms with Crippen molar-refractivity contribution >= 4 is 22.6 Å². The van der Waals surface area contributed by atoms with Gasteiger partial charge in [0.05, 0.1) is 7.11 Å². The largest absolute Gasteiger partial charge is 0.497 e. The second kappa shape index (κ2) is 12.0. The molecule has 0 aromatic heterocycles. The molecule has 5 heteroatoms. The maximum atomic E-state index is 13.5. The normalized spacial score (nSPS) is 11.7. The molecule has 0 aliphatic rings. The van der Waals surface area contributed by atoms with Crippen molar-refractivity contribution in [1.29, 1.82) is 0 Å². The molecular formula is C28H34N2O3. The number of carbonyl (C=O) groups is 2. The number of methoxy groups -OCH3 is 1. The van der Waals surface area contributed by atoms with Gasteiger partial charge in [0.1, 0.15) is 11.8 Å². The van der Waals surface area contributed by atoms with Crippen molar-refractivity contribution in [3.63, 3.8) is 0 Å². The van der Waals surface area contributed by atoms with Crippen molar-refractivity contribution in [3.05, 3.63) is 77.9 Å². The molecule has 1 atom stereocenters. The van der Waals surface area contributed by atoms with Crippen molar-refractivity contribution in [2.24, 2.45) is 0 Å². The molecule has 3 aromatic rings. The van der Waals surface area contributed by atoms with E-state index in [-0.39, 0.29) is 11.8 Å². The molecule has 0 aliphatic carbocycles. The number of nitrogens with zero attached hydrogens (tertiary/aromatic N) is 1. The van der Waals surface area contributed by atoms with E-state index in [0.29, 0.717) is 32.4 Å². The number of hydrogen-bond donors (Lipinski definition) is 1. The third kappa shape index (κ3) is 6.35. The lowest BCUT2D eigenvalue weighted by Crippen LogP contribution is -2.49. The summed E-state index contributed by atoms with van der Waals surface area (Å²) in [6.07, 6.45) is 2.40. The Morgan fingerprint density at radius 3 is 2.39 bits per heavy atom. The molecule has 0 heterocycles. The van der Waals surface area contributed by atoms with Gasteiger partial charge in [0.25, 0.3) is 0 Å². The minimum Gasteiger partial charge on any atom is -0.497 e. The number of hydrogen-bond acceptors (Lipinski definition) is 3. The van der Waals surface area contributed by atoms with Gasteiger partial charge in [-0.25, -0.2) is 0 Å². The van der Waals surface area contributed by atoms with E-state index in [1.54, 1.807) is 12.0 Å².